The lowest BCUT2D eigenvalue weighted by atomic mass is 10.1. The Bertz CT molecular complexity index is 857. The lowest BCUT2D eigenvalue weighted by molar-refractivity contribution is 0.568. The van der Waals surface area contributed by atoms with Crippen molar-refractivity contribution in [3.05, 3.63) is 41.2 Å². The van der Waals surface area contributed by atoms with Crippen LogP contribution in [0.4, 0.5) is 11.6 Å². The maximum Gasteiger partial charge on any atom is 0.262 e. The monoisotopic (exact) mass is 360 g/mol. The summed E-state index contributed by atoms with van der Waals surface area (Å²) >= 11 is 0. The van der Waals surface area contributed by atoms with E-state index < -0.39 is 10.0 Å². The second kappa shape index (κ2) is 7.00. The Hall–Kier alpha value is -2.15. The van der Waals surface area contributed by atoms with Crippen molar-refractivity contribution >= 4 is 21.7 Å². The molecule has 0 atom stereocenters. The lowest BCUT2D eigenvalue weighted by Gasteiger charge is -2.26. The van der Waals surface area contributed by atoms with E-state index in [1.165, 1.54) is 18.8 Å². The van der Waals surface area contributed by atoms with Crippen LogP contribution in [0.2, 0.25) is 0 Å². The maximum absolute atomic E-state index is 12.7. The summed E-state index contributed by atoms with van der Waals surface area (Å²) < 4.78 is 28.0. The van der Waals surface area contributed by atoms with Crippen molar-refractivity contribution in [1.82, 2.24) is 9.97 Å². The van der Waals surface area contributed by atoms with Crippen LogP contribution in [0.25, 0.3) is 0 Å². The van der Waals surface area contributed by atoms with Gasteiger partial charge in [-0.25, -0.2) is 18.4 Å². The Kier molecular flexibility index (Phi) is 4.94. The van der Waals surface area contributed by atoms with E-state index >= 15 is 0 Å². The second-order valence-corrected chi connectivity index (χ2v) is 8.28. The summed E-state index contributed by atoms with van der Waals surface area (Å²) in [5, 5.41) is 0. The number of rotatable bonds is 4. The van der Waals surface area contributed by atoms with Crippen molar-refractivity contribution in [2.45, 2.75) is 44.9 Å². The molecule has 0 unspecified atom stereocenters. The molecule has 1 fully saturated rings. The first-order valence-corrected chi connectivity index (χ1v) is 10.0. The smallest absolute Gasteiger partial charge is 0.262 e. The van der Waals surface area contributed by atoms with E-state index in [-0.39, 0.29) is 4.90 Å². The average Bonchev–Trinajstić information content (AvgIpc) is 2.59. The van der Waals surface area contributed by atoms with E-state index in [2.05, 4.69) is 19.6 Å². The number of hydrogen-bond donors (Lipinski definition) is 1. The third-order valence-electron chi connectivity index (χ3n) is 4.61. The first kappa shape index (κ1) is 17.7. The van der Waals surface area contributed by atoms with E-state index in [0.717, 1.165) is 42.6 Å². The van der Waals surface area contributed by atoms with Gasteiger partial charge < -0.3 is 4.90 Å². The average molecular weight is 360 g/mol. The third-order valence-corrected chi connectivity index (χ3v) is 6.13. The molecule has 134 valence electrons. The molecule has 3 rings (SSSR count). The second-order valence-electron chi connectivity index (χ2n) is 6.63. The number of anilines is 2. The van der Waals surface area contributed by atoms with Gasteiger partial charge in [0, 0.05) is 13.1 Å². The Balaban J connectivity index is 1.80. The number of hydrogen-bond acceptors (Lipinski definition) is 5. The van der Waals surface area contributed by atoms with Gasteiger partial charge in [0.05, 0.1) is 23.0 Å². The zero-order valence-corrected chi connectivity index (χ0v) is 15.7. The van der Waals surface area contributed by atoms with Gasteiger partial charge in [0.15, 0.2) is 0 Å². The number of benzene rings is 1. The summed E-state index contributed by atoms with van der Waals surface area (Å²) in [7, 11) is -3.66. The van der Waals surface area contributed by atoms with Gasteiger partial charge in [0.2, 0.25) is 5.95 Å². The van der Waals surface area contributed by atoms with Crippen LogP contribution >= 0.6 is 0 Å². The number of piperidine rings is 1. The fourth-order valence-corrected chi connectivity index (χ4v) is 4.41. The summed E-state index contributed by atoms with van der Waals surface area (Å²) in [4.78, 5) is 11.1. The summed E-state index contributed by atoms with van der Waals surface area (Å²) in [6.45, 7) is 7.58. The largest absolute Gasteiger partial charge is 0.341 e. The van der Waals surface area contributed by atoms with Crippen molar-refractivity contribution in [2.24, 2.45) is 0 Å². The molecule has 0 radical (unpaired) electrons. The molecule has 1 saturated heterocycles. The van der Waals surface area contributed by atoms with E-state index in [1.807, 2.05) is 19.9 Å². The van der Waals surface area contributed by atoms with Crippen LogP contribution < -0.4 is 9.62 Å². The minimum Gasteiger partial charge on any atom is -0.341 e. The number of sulfonamides is 1. The van der Waals surface area contributed by atoms with E-state index in [1.54, 1.807) is 13.0 Å². The van der Waals surface area contributed by atoms with Gasteiger partial charge in [-0.2, -0.15) is 0 Å². The molecular weight excluding hydrogens is 336 g/mol. The topological polar surface area (TPSA) is 75.2 Å². The highest BCUT2D eigenvalue weighted by molar-refractivity contribution is 7.92. The van der Waals surface area contributed by atoms with Crippen LogP contribution in [0.5, 0.6) is 0 Å². The summed E-state index contributed by atoms with van der Waals surface area (Å²) in [5.74, 6) is 0.657. The van der Waals surface area contributed by atoms with E-state index in [4.69, 9.17) is 0 Å². The van der Waals surface area contributed by atoms with Crippen LogP contribution in [0, 0.1) is 20.8 Å². The minimum absolute atomic E-state index is 0.288. The predicted molar refractivity (Wildman–Crippen MR) is 99.6 cm³/mol. The molecule has 1 aromatic carbocycles. The molecule has 1 aromatic heterocycles. The van der Waals surface area contributed by atoms with Crippen LogP contribution in [0.3, 0.4) is 0 Å². The van der Waals surface area contributed by atoms with Crippen molar-refractivity contribution in [1.29, 1.82) is 0 Å². The maximum atomic E-state index is 12.7. The van der Waals surface area contributed by atoms with Crippen molar-refractivity contribution in [3.8, 4) is 0 Å². The van der Waals surface area contributed by atoms with Crippen molar-refractivity contribution in [2.75, 3.05) is 22.7 Å². The normalized spacial score (nSPS) is 15.2. The minimum atomic E-state index is -3.66. The molecule has 1 aliphatic heterocycles. The van der Waals surface area contributed by atoms with Crippen LogP contribution in [-0.2, 0) is 10.0 Å². The van der Waals surface area contributed by atoms with Gasteiger partial charge in [-0.1, -0.05) is 6.07 Å². The lowest BCUT2D eigenvalue weighted by Crippen LogP contribution is -2.30. The fraction of sp³-hybridized carbons (Fsp3) is 0.444. The van der Waals surface area contributed by atoms with Gasteiger partial charge in [0.1, 0.15) is 0 Å². The molecule has 2 aromatic rings. The van der Waals surface area contributed by atoms with Crippen LogP contribution in [0.1, 0.15) is 36.0 Å². The third kappa shape index (κ3) is 3.92. The van der Waals surface area contributed by atoms with Crippen molar-refractivity contribution in [3.63, 3.8) is 0 Å². The SMILES string of the molecule is Cc1cc(C)c(S(=O)(=O)Nc2cnc(N3CCCCC3)nc2)cc1C. The summed E-state index contributed by atoms with van der Waals surface area (Å²) in [5.41, 5.74) is 3.12. The number of aryl methyl sites for hydroxylation is 3. The van der Waals surface area contributed by atoms with Gasteiger partial charge in [-0.15, -0.1) is 0 Å². The summed E-state index contributed by atoms with van der Waals surface area (Å²) in [6, 6.07) is 3.59. The van der Waals surface area contributed by atoms with E-state index in [0.29, 0.717) is 11.6 Å². The Morgan fingerprint density at radius 3 is 2.16 bits per heavy atom. The molecule has 6 nitrogen and oxygen atoms in total. The molecular formula is C18H24N4O2S. The first-order chi connectivity index (χ1) is 11.9. The van der Waals surface area contributed by atoms with Gasteiger partial charge in [0.25, 0.3) is 10.0 Å². The zero-order valence-electron chi connectivity index (χ0n) is 14.9. The molecule has 25 heavy (non-hydrogen) atoms. The molecule has 2 heterocycles. The number of nitrogens with zero attached hydrogens (tertiary/aromatic N) is 3. The molecule has 1 N–H and O–H groups in total. The Morgan fingerprint density at radius 2 is 1.52 bits per heavy atom. The highest BCUT2D eigenvalue weighted by atomic mass is 32.2. The molecule has 0 aliphatic carbocycles. The van der Waals surface area contributed by atoms with Crippen molar-refractivity contribution < 1.29 is 8.42 Å². The molecule has 0 spiro atoms. The molecule has 0 bridgehead atoms. The highest BCUT2D eigenvalue weighted by Crippen LogP contribution is 2.23. The standard InChI is InChI=1S/C18H24N4O2S/c1-13-9-15(3)17(10-14(13)2)25(23,24)21-16-11-19-18(20-12-16)22-7-5-4-6-8-22/h9-12,21H,4-8H2,1-3H3. The number of nitrogens with one attached hydrogen (secondary N) is 1. The molecule has 7 heteroatoms. The molecule has 0 amide bonds. The number of aromatic nitrogens is 2. The van der Waals surface area contributed by atoms with Gasteiger partial charge in [-0.05, 0) is 62.8 Å². The van der Waals surface area contributed by atoms with Gasteiger partial charge in [-0.3, -0.25) is 4.72 Å². The molecule has 0 saturated carbocycles. The molecule has 1 aliphatic rings. The predicted octanol–water partition coefficient (Wildman–Crippen LogP) is 3.19. The quantitative estimate of drug-likeness (QED) is 0.906. The van der Waals surface area contributed by atoms with Crippen LogP contribution in [0.15, 0.2) is 29.4 Å². The highest BCUT2D eigenvalue weighted by Gasteiger charge is 2.19. The summed E-state index contributed by atoms with van der Waals surface area (Å²) in [6.07, 6.45) is 6.59. The fourth-order valence-electron chi connectivity index (χ4n) is 3.06. The van der Waals surface area contributed by atoms with Crippen LogP contribution in [-0.4, -0.2) is 31.5 Å². The first-order valence-electron chi connectivity index (χ1n) is 8.54. The van der Waals surface area contributed by atoms with E-state index in [9.17, 15) is 8.42 Å². The Labute approximate surface area is 149 Å². The zero-order chi connectivity index (χ0) is 18.0. The Morgan fingerprint density at radius 1 is 0.920 bits per heavy atom. The van der Waals surface area contributed by atoms with Gasteiger partial charge >= 0.3 is 0 Å².